The number of anilines is 1. The van der Waals surface area contributed by atoms with Crippen LogP contribution in [0.1, 0.15) is 28.0 Å². The van der Waals surface area contributed by atoms with Crippen molar-refractivity contribution in [3.05, 3.63) is 40.4 Å². The Morgan fingerprint density at radius 1 is 1.47 bits per heavy atom. The fourth-order valence-corrected chi connectivity index (χ4v) is 3.50. The molecule has 2 heterocycles. The van der Waals surface area contributed by atoms with E-state index in [-0.39, 0.29) is 40.7 Å². The molecule has 0 fully saturated rings. The molecule has 0 aliphatic carbocycles. The molecule has 9 nitrogen and oxygen atoms in total. The number of carboxylic acids is 1. The lowest BCUT2D eigenvalue weighted by molar-refractivity contribution is -0.113. The minimum Gasteiger partial charge on any atom is -0.535 e. The Labute approximate surface area is 173 Å². The number of carbonyl (C=O) groups is 2. The van der Waals surface area contributed by atoms with Crippen LogP contribution >= 0.6 is 11.3 Å². The van der Waals surface area contributed by atoms with Crippen LogP contribution in [-0.4, -0.2) is 52.7 Å². The van der Waals surface area contributed by atoms with Gasteiger partial charge >= 0.3 is 13.1 Å². The summed E-state index contributed by atoms with van der Waals surface area (Å²) in [6.07, 6.45) is -2.89. The molecule has 1 aliphatic heterocycles. The third kappa shape index (κ3) is 4.91. The van der Waals surface area contributed by atoms with Crippen molar-refractivity contribution in [3.63, 3.8) is 0 Å². The van der Waals surface area contributed by atoms with E-state index in [9.17, 15) is 28.5 Å². The number of fused-ring (bicyclic) bond motifs is 1. The first-order valence-corrected chi connectivity index (χ1v) is 9.56. The summed E-state index contributed by atoms with van der Waals surface area (Å²) in [6, 6.07) is 4.51. The van der Waals surface area contributed by atoms with Gasteiger partial charge in [-0.2, -0.15) is 0 Å². The van der Waals surface area contributed by atoms with Gasteiger partial charge in [-0.3, -0.25) is 4.79 Å². The van der Waals surface area contributed by atoms with Crippen LogP contribution in [0.4, 0.5) is 13.9 Å². The van der Waals surface area contributed by atoms with Crippen LogP contribution in [0.3, 0.4) is 0 Å². The molecular formula is C17H16BF2N3O6S. The number of nitrogens with zero attached hydrogens (tertiary/aromatic N) is 2. The van der Waals surface area contributed by atoms with Crippen molar-refractivity contribution in [1.82, 2.24) is 4.98 Å². The van der Waals surface area contributed by atoms with Gasteiger partial charge in [0, 0.05) is 17.6 Å². The Kier molecular flexibility index (Phi) is 6.62. The van der Waals surface area contributed by atoms with Crippen LogP contribution in [0.5, 0.6) is 5.75 Å². The molecule has 0 bridgehead atoms. The molecule has 2 aromatic rings. The molecule has 3 rings (SSSR count). The summed E-state index contributed by atoms with van der Waals surface area (Å²) in [4.78, 5) is 32.6. The zero-order valence-corrected chi connectivity index (χ0v) is 16.1. The van der Waals surface area contributed by atoms with Gasteiger partial charge in [-0.25, -0.2) is 18.6 Å². The van der Waals surface area contributed by atoms with Crippen molar-refractivity contribution in [2.24, 2.45) is 5.16 Å². The summed E-state index contributed by atoms with van der Waals surface area (Å²) in [5.74, 6) is -2.52. The number of carbonyl (C=O) groups excluding carboxylic acids is 1. The number of Topliss-reactive ketones (excluding diaryl/α,β-unsaturated/α-hetero) is 1. The second-order valence-corrected chi connectivity index (χ2v) is 7.29. The smallest absolute Gasteiger partial charge is 0.526 e. The second-order valence-electron chi connectivity index (χ2n) is 6.40. The number of aromatic nitrogens is 1. The van der Waals surface area contributed by atoms with Gasteiger partial charge in [0.15, 0.2) is 23.2 Å². The summed E-state index contributed by atoms with van der Waals surface area (Å²) in [7, 11) is -1.45. The predicted molar refractivity (Wildman–Crippen MR) is 104 cm³/mol. The molecule has 4 N–H and O–H groups in total. The largest absolute Gasteiger partial charge is 0.535 e. The van der Waals surface area contributed by atoms with E-state index in [2.05, 4.69) is 15.0 Å². The zero-order chi connectivity index (χ0) is 21.8. The number of alkyl halides is 2. The summed E-state index contributed by atoms with van der Waals surface area (Å²) < 4.78 is 30.0. The third-order valence-electron chi connectivity index (χ3n) is 4.28. The average molecular weight is 439 g/mol. The number of nitrogen functional groups attached to an aromatic ring is 1. The number of rotatable bonds is 8. The Hall–Kier alpha value is -3.06. The average Bonchev–Trinajstić information content (AvgIpc) is 3.10. The fraction of sp³-hybridized carbons (Fsp3) is 0.294. The molecule has 1 atom stereocenters. The van der Waals surface area contributed by atoms with E-state index in [1.807, 2.05) is 0 Å². The molecule has 13 heteroatoms. The normalized spacial score (nSPS) is 16.2. The maximum Gasteiger partial charge on any atom is 0.526 e. The molecule has 0 unspecified atom stereocenters. The summed E-state index contributed by atoms with van der Waals surface area (Å²) in [5, 5.41) is 24.6. The van der Waals surface area contributed by atoms with Gasteiger partial charge in [0.25, 0.3) is 6.43 Å². The molecular weight excluding hydrogens is 423 g/mol. The first-order valence-electron chi connectivity index (χ1n) is 8.68. The van der Waals surface area contributed by atoms with Crippen LogP contribution < -0.4 is 10.4 Å². The lowest BCUT2D eigenvalue weighted by atomic mass is 9.64. The number of para-hydroxylation sites is 1. The summed E-state index contributed by atoms with van der Waals surface area (Å²) in [5.41, 5.74) is 5.74. The van der Waals surface area contributed by atoms with E-state index in [0.29, 0.717) is 5.56 Å². The Balaban J connectivity index is 1.80. The maximum absolute atomic E-state index is 12.8. The van der Waals surface area contributed by atoms with Crippen molar-refractivity contribution >= 4 is 41.1 Å². The third-order valence-corrected chi connectivity index (χ3v) is 4.96. The number of hydrogen-bond donors (Lipinski definition) is 3. The minimum atomic E-state index is -2.78. The highest BCUT2D eigenvalue weighted by Gasteiger charge is 2.38. The number of thiazole rings is 1. The van der Waals surface area contributed by atoms with Crippen molar-refractivity contribution in [2.45, 2.75) is 25.1 Å². The van der Waals surface area contributed by atoms with Gasteiger partial charge in [-0.15, -0.1) is 11.3 Å². The van der Waals surface area contributed by atoms with Crippen molar-refractivity contribution < 1.29 is 38.0 Å². The highest BCUT2D eigenvalue weighted by molar-refractivity contribution is 7.13. The van der Waals surface area contributed by atoms with E-state index >= 15 is 0 Å². The van der Waals surface area contributed by atoms with Crippen molar-refractivity contribution in [1.29, 1.82) is 0 Å². The fourth-order valence-electron chi connectivity index (χ4n) is 2.96. The molecule has 30 heavy (non-hydrogen) atoms. The molecule has 1 aromatic heterocycles. The topological polar surface area (TPSA) is 144 Å². The van der Waals surface area contributed by atoms with Crippen molar-refractivity contribution in [3.8, 4) is 5.75 Å². The molecule has 0 spiro atoms. The Morgan fingerprint density at radius 3 is 2.87 bits per heavy atom. The standard InChI is InChI=1S/C17H16BF2N3O6S/c19-13(20)6-28-23-14(11-7-30-17(21)22-11)12(24)5-9-4-8-2-1-3-10(16(25)26)15(8)29-18(9)27/h1-3,7,9,13,27H,4-6H2,(H2,21,22)(H,25,26)/b23-14-/t9-/m1/s1. The molecule has 0 amide bonds. The highest BCUT2D eigenvalue weighted by atomic mass is 32.1. The van der Waals surface area contributed by atoms with E-state index in [1.165, 1.54) is 17.5 Å². The Morgan fingerprint density at radius 2 is 2.23 bits per heavy atom. The molecule has 158 valence electrons. The second kappa shape index (κ2) is 9.18. The van der Waals surface area contributed by atoms with E-state index in [4.69, 9.17) is 10.4 Å². The van der Waals surface area contributed by atoms with Gasteiger partial charge in [0.2, 0.25) is 0 Å². The van der Waals surface area contributed by atoms with E-state index in [0.717, 1.165) is 11.3 Å². The number of aromatic carboxylic acids is 1. The number of hydrogen-bond acceptors (Lipinski definition) is 9. The van der Waals surface area contributed by atoms with Gasteiger partial charge in [-0.1, -0.05) is 17.3 Å². The summed E-state index contributed by atoms with van der Waals surface area (Å²) in [6.45, 7) is -1.00. The number of halogens is 2. The molecule has 0 radical (unpaired) electrons. The van der Waals surface area contributed by atoms with Crippen molar-refractivity contribution in [2.75, 3.05) is 12.3 Å². The number of benzene rings is 1. The predicted octanol–water partition coefficient (Wildman–Crippen LogP) is 1.85. The molecule has 0 saturated heterocycles. The zero-order valence-electron chi connectivity index (χ0n) is 15.3. The first kappa shape index (κ1) is 21.6. The molecule has 0 saturated carbocycles. The number of nitrogens with two attached hydrogens (primary N) is 1. The lowest BCUT2D eigenvalue weighted by Crippen LogP contribution is -2.37. The number of ketones is 1. The van der Waals surface area contributed by atoms with Gasteiger partial charge < -0.3 is 25.4 Å². The SMILES string of the molecule is Nc1nc(/C(=N/OCC(F)F)C(=O)C[C@H]2Cc3cccc(C(=O)O)c3OB2O)cs1. The summed E-state index contributed by atoms with van der Waals surface area (Å²) >= 11 is 1.03. The Bertz CT molecular complexity index is 986. The number of oxime groups is 1. The van der Waals surface area contributed by atoms with Gasteiger partial charge in [-0.05, 0) is 18.1 Å². The molecule has 1 aliphatic rings. The van der Waals surface area contributed by atoms with Crippen LogP contribution in [-0.2, 0) is 16.1 Å². The van der Waals surface area contributed by atoms with Gasteiger partial charge in [0.05, 0.1) is 5.56 Å². The highest BCUT2D eigenvalue weighted by Crippen LogP contribution is 2.36. The van der Waals surface area contributed by atoms with Crippen LogP contribution in [0, 0.1) is 0 Å². The quantitative estimate of drug-likeness (QED) is 0.321. The lowest BCUT2D eigenvalue weighted by Gasteiger charge is -2.28. The first-order chi connectivity index (χ1) is 14.3. The van der Waals surface area contributed by atoms with E-state index < -0.39 is 37.7 Å². The minimum absolute atomic E-state index is 0.0441. The molecule has 1 aromatic carbocycles. The van der Waals surface area contributed by atoms with Crippen LogP contribution in [0.25, 0.3) is 0 Å². The van der Waals surface area contributed by atoms with Crippen LogP contribution in [0.15, 0.2) is 28.7 Å². The monoisotopic (exact) mass is 439 g/mol. The van der Waals surface area contributed by atoms with Crippen LogP contribution in [0.2, 0.25) is 5.82 Å². The van der Waals surface area contributed by atoms with E-state index in [1.54, 1.807) is 6.07 Å². The number of carboxylic acid groups (broad SMARTS) is 1. The maximum atomic E-state index is 12.8. The van der Waals surface area contributed by atoms with Gasteiger partial charge in [0.1, 0.15) is 11.4 Å².